The number of amides is 2. The topological polar surface area (TPSA) is 128 Å². The van der Waals surface area contributed by atoms with E-state index in [0.29, 0.717) is 33.7 Å². The summed E-state index contributed by atoms with van der Waals surface area (Å²) in [7, 11) is 0. The Balaban J connectivity index is 1.04. The second-order valence-corrected chi connectivity index (χ2v) is 12.1. The first-order valence-corrected chi connectivity index (χ1v) is 14.0. The number of hydrogen-bond acceptors (Lipinski definition) is 6. The smallest absolute Gasteiger partial charge is 0.255 e. The first-order valence-electron chi connectivity index (χ1n) is 14.0. The zero-order valence-corrected chi connectivity index (χ0v) is 23.5. The van der Waals surface area contributed by atoms with Gasteiger partial charge in [0, 0.05) is 11.6 Å². The number of nitrogens with zero attached hydrogens (tertiary/aromatic N) is 2. The molecule has 6 rings (SSSR count). The molecule has 2 aromatic heterocycles. The summed E-state index contributed by atoms with van der Waals surface area (Å²) in [5, 5.41) is 17.3. The summed E-state index contributed by atoms with van der Waals surface area (Å²) in [6.45, 7) is 3.46. The summed E-state index contributed by atoms with van der Waals surface area (Å²) in [5.74, 6) is -0.238. The molecule has 218 valence electrons. The number of primary amides is 1. The fraction of sp³-hybridized carbons (Fsp3) is 0.344. The lowest BCUT2D eigenvalue weighted by molar-refractivity contribution is -0.0834. The number of benzene rings is 2. The van der Waals surface area contributed by atoms with Gasteiger partial charge in [-0.3, -0.25) is 9.59 Å². The summed E-state index contributed by atoms with van der Waals surface area (Å²) < 4.78 is 27.8. The third-order valence-electron chi connectivity index (χ3n) is 8.07. The molecule has 10 heteroatoms. The number of nitrogens with one attached hydrogen (secondary N) is 1. The van der Waals surface area contributed by atoms with Crippen LogP contribution in [0.5, 0.6) is 11.5 Å². The molecule has 9 nitrogen and oxygen atoms in total. The zero-order valence-electron chi connectivity index (χ0n) is 23.5. The molecule has 1 spiro atoms. The van der Waals surface area contributed by atoms with Crippen molar-refractivity contribution in [2.24, 2.45) is 11.1 Å². The van der Waals surface area contributed by atoms with Crippen molar-refractivity contribution in [3.63, 3.8) is 0 Å². The van der Waals surface area contributed by atoms with Gasteiger partial charge in [0.1, 0.15) is 23.9 Å². The Kier molecular flexibility index (Phi) is 6.89. The fourth-order valence-electron chi connectivity index (χ4n) is 6.03. The molecule has 2 aliphatic carbocycles. The third-order valence-corrected chi connectivity index (χ3v) is 8.07. The number of rotatable bonds is 9. The highest BCUT2D eigenvalue weighted by Crippen LogP contribution is 2.57. The Morgan fingerprint density at radius 2 is 1.88 bits per heavy atom. The van der Waals surface area contributed by atoms with Crippen molar-refractivity contribution in [3.05, 3.63) is 83.9 Å². The van der Waals surface area contributed by atoms with Gasteiger partial charge in [-0.05, 0) is 80.8 Å². The minimum atomic E-state index is -0.961. The maximum Gasteiger partial charge on any atom is 0.255 e. The minimum Gasteiger partial charge on any atom is -0.490 e. The van der Waals surface area contributed by atoms with E-state index in [0.717, 1.165) is 25.7 Å². The van der Waals surface area contributed by atoms with E-state index in [1.54, 1.807) is 73.1 Å². The van der Waals surface area contributed by atoms with E-state index in [1.165, 1.54) is 12.3 Å². The molecular weight excluding hydrogens is 539 g/mol. The molecule has 0 radical (unpaired) electrons. The SMILES string of the molecule is CC(C)(O)COc1ccc2c(C(=O)NC3CC4(C3)CC(Oc3cc(-c5ccccc5F)ccc3C(N)=O)C4)cnn2c1. The van der Waals surface area contributed by atoms with Crippen LogP contribution >= 0.6 is 0 Å². The number of fused-ring (bicyclic) bond motifs is 1. The number of halogens is 1. The van der Waals surface area contributed by atoms with Gasteiger partial charge in [-0.25, -0.2) is 8.91 Å². The van der Waals surface area contributed by atoms with Crippen LogP contribution in [-0.2, 0) is 0 Å². The van der Waals surface area contributed by atoms with E-state index in [1.807, 2.05) is 0 Å². The monoisotopic (exact) mass is 572 g/mol. The lowest BCUT2D eigenvalue weighted by Gasteiger charge is -2.57. The molecule has 42 heavy (non-hydrogen) atoms. The van der Waals surface area contributed by atoms with Crippen molar-refractivity contribution in [1.29, 1.82) is 0 Å². The molecule has 0 atom stereocenters. The predicted octanol–water partition coefficient (Wildman–Crippen LogP) is 4.51. The number of aliphatic hydroxyl groups is 1. The molecule has 2 amide bonds. The highest BCUT2D eigenvalue weighted by atomic mass is 19.1. The highest BCUT2D eigenvalue weighted by Gasteiger charge is 2.54. The van der Waals surface area contributed by atoms with Gasteiger partial charge in [0.25, 0.3) is 11.8 Å². The molecular formula is C32H33FN4O5. The molecule has 0 saturated heterocycles. The molecule has 0 aliphatic heterocycles. The third kappa shape index (κ3) is 5.54. The number of pyridine rings is 1. The van der Waals surface area contributed by atoms with Crippen molar-refractivity contribution < 1.29 is 28.6 Å². The standard InChI is InChI=1S/C32H33FN4O5/c1-31(2,40)18-41-21-8-10-27-25(16-35-37(27)17-21)30(39)36-20-12-32(13-20)14-22(15-32)42-28-11-19(7-9-24(28)29(34)38)23-5-3-4-6-26(23)33/h3-11,16-17,20,22,40H,12-15,18H2,1-2H3,(H2,34,38)(H,36,39). The zero-order chi connectivity index (χ0) is 29.6. The summed E-state index contributed by atoms with van der Waals surface area (Å²) >= 11 is 0. The number of carbonyl (C=O) groups is 2. The lowest BCUT2D eigenvalue weighted by Crippen LogP contribution is -2.58. The van der Waals surface area contributed by atoms with Gasteiger partial charge in [0.05, 0.1) is 40.7 Å². The molecule has 2 fully saturated rings. The first-order chi connectivity index (χ1) is 20.0. The van der Waals surface area contributed by atoms with Crippen LogP contribution < -0.4 is 20.5 Å². The van der Waals surface area contributed by atoms with Gasteiger partial charge in [-0.15, -0.1) is 0 Å². The number of aromatic nitrogens is 2. The van der Waals surface area contributed by atoms with Crippen molar-refractivity contribution in [2.75, 3.05) is 6.61 Å². The second-order valence-electron chi connectivity index (χ2n) is 12.1. The number of hydrogen-bond donors (Lipinski definition) is 3. The van der Waals surface area contributed by atoms with Crippen LogP contribution in [0.4, 0.5) is 4.39 Å². The molecule has 0 unspecified atom stereocenters. The predicted molar refractivity (Wildman–Crippen MR) is 154 cm³/mol. The minimum absolute atomic E-state index is 0.0494. The number of carbonyl (C=O) groups excluding carboxylic acids is 2. The Labute approximate surface area is 242 Å². The summed E-state index contributed by atoms with van der Waals surface area (Å²) in [5.41, 5.74) is 7.15. The Morgan fingerprint density at radius 1 is 1.12 bits per heavy atom. The first kappa shape index (κ1) is 27.7. The molecule has 2 saturated carbocycles. The van der Waals surface area contributed by atoms with E-state index in [-0.39, 0.29) is 41.5 Å². The number of nitrogens with two attached hydrogens (primary N) is 1. The fourth-order valence-corrected chi connectivity index (χ4v) is 6.03. The molecule has 2 aromatic carbocycles. The van der Waals surface area contributed by atoms with Crippen LogP contribution in [0.2, 0.25) is 0 Å². The highest BCUT2D eigenvalue weighted by molar-refractivity contribution is 6.00. The van der Waals surface area contributed by atoms with Crippen LogP contribution in [-0.4, -0.2) is 50.9 Å². The van der Waals surface area contributed by atoms with Gasteiger partial charge in [0.2, 0.25) is 0 Å². The van der Waals surface area contributed by atoms with Gasteiger partial charge in [0.15, 0.2) is 0 Å². The Morgan fingerprint density at radius 3 is 2.60 bits per heavy atom. The Bertz CT molecular complexity index is 1660. The average molecular weight is 573 g/mol. The molecule has 2 heterocycles. The van der Waals surface area contributed by atoms with Crippen LogP contribution in [0, 0.1) is 11.2 Å². The van der Waals surface area contributed by atoms with Crippen LogP contribution in [0.1, 0.15) is 60.2 Å². The quantitative estimate of drug-likeness (QED) is 0.271. The largest absolute Gasteiger partial charge is 0.490 e. The van der Waals surface area contributed by atoms with E-state index in [4.69, 9.17) is 15.2 Å². The van der Waals surface area contributed by atoms with Crippen molar-refractivity contribution in [1.82, 2.24) is 14.9 Å². The number of ether oxygens (including phenoxy) is 2. The molecule has 0 bridgehead atoms. The normalized spacial score (nSPS) is 21.4. The van der Waals surface area contributed by atoms with Crippen LogP contribution in [0.3, 0.4) is 0 Å². The average Bonchev–Trinajstić information content (AvgIpc) is 3.32. The maximum atomic E-state index is 14.4. The lowest BCUT2D eigenvalue weighted by atomic mass is 9.53. The van der Waals surface area contributed by atoms with E-state index in [9.17, 15) is 19.1 Å². The summed E-state index contributed by atoms with van der Waals surface area (Å²) in [4.78, 5) is 25.1. The molecule has 4 N–H and O–H groups in total. The van der Waals surface area contributed by atoms with Gasteiger partial charge < -0.3 is 25.6 Å². The van der Waals surface area contributed by atoms with Crippen molar-refractivity contribution in [2.45, 2.75) is 57.3 Å². The van der Waals surface area contributed by atoms with Gasteiger partial charge in [-0.2, -0.15) is 5.10 Å². The van der Waals surface area contributed by atoms with E-state index < -0.39 is 11.5 Å². The Hall–Kier alpha value is -4.44. The van der Waals surface area contributed by atoms with Crippen LogP contribution in [0.25, 0.3) is 16.6 Å². The van der Waals surface area contributed by atoms with Crippen molar-refractivity contribution in [3.8, 4) is 22.6 Å². The van der Waals surface area contributed by atoms with Crippen LogP contribution in [0.15, 0.2) is 67.0 Å². The summed E-state index contributed by atoms with van der Waals surface area (Å²) in [6, 6.07) is 14.9. The second kappa shape index (κ2) is 10.4. The van der Waals surface area contributed by atoms with E-state index in [2.05, 4.69) is 10.4 Å². The van der Waals surface area contributed by atoms with Gasteiger partial charge >= 0.3 is 0 Å². The van der Waals surface area contributed by atoms with E-state index >= 15 is 0 Å². The van der Waals surface area contributed by atoms with Gasteiger partial charge in [-0.1, -0.05) is 24.3 Å². The summed E-state index contributed by atoms with van der Waals surface area (Å²) in [6.07, 6.45) is 6.40. The molecule has 4 aromatic rings. The maximum absolute atomic E-state index is 14.4. The van der Waals surface area contributed by atoms with Crippen molar-refractivity contribution >= 4 is 17.3 Å². The molecule has 2 aliphatic rings.